The van der Waals surface area contributed by atoms with Crippen molar-refractivity contribution in [3.63, 3.8) is 0 Å². The van der Waals surface area contributed by atoms with Crippen LogP contribution in [0.25, 0.3) is 0 Å². The van der Waals surface area contributed by atoms with Crippen molar-refractivity contribution in [3.05, 3.63) is 23.7 Å². The first kappa shape index (κ1) is 15.9. The minimum Gasteiger partial charge on any atom is -0.454 e. The highest BCUT2D eigenvalue weighted by Crippen LogP contribution is 2.35. The molecule has 3 N–H and O–H groups in total. The minimum atomic E-state index is -0.269. The zero-order valence-electron chi connectivity index (χ0n) is 13.5. The van der Waals surface area contributed by atoms with Crippen LogP contribution in [0.1, 0.15) is 35.6 Å². The fourth-order valence-electron chi connectivity index (χ4n) is 3.52. The molecule has 0 saturated carbocycles. The Labute approximate surface area is 135 Å². The second-order valence-electron chi connectivity index (χ2n) is 6.46. The van der Waals surface area contributed by atoms with Crippen molar-refractivity contribution in [2.75, 3.05) is 33.2 Å². The molecule has 2 saturated heterocycles. The Bertz CT molecular complexity index is 578. The van der Waals surface area contributed by atoms with Gasteiger partial charge in [-0.25, -0.2) is 4.79 Å². The SMILES string of the molecule is CNC(=O)c1ccc(CNC(=O)N2CCCC3(CCNC3)C2)o1. The largest absolute Gasteiger partial charge is 0.454 e. The number of carbonyl (C=O) groups excluding carboxylic acids is 2. The monoisotopic (exact) mass is 320 g/mol. The zero-order valence-corrected chi connectivity index (χ0v) is 13.5. The van der Waals surface area contributed by atoms with Crippen molar-refractivity contribution < 1.29 is 14.0 Å². The second kappa shape index (κ2) is 6.62. The third-order valence-electron chi connectivity index (χ3n) is 4.81. The van der Waals surface area contributed by atoms with Crippen LogP contribution in [0.5, 0.6) is 0 Å². The summed E-state index contributed by atoms with van der Waals surface area (Å²) in [6.07, 6.45) is 3.39. The number of carbonyl (C=O) groups is 2. The Morgan fingerprint density at radius 2 is 2.26 bits per heavy atom. The number of furan rings is 1. The summed E-state index contributed by atoms with van der Waals surface area (Å²) in [5.41, 5.74) is 0.257. The van der Waals surface area contributed by atoms with Gasteiger partial charge in [-0.3, -0.25) is 4.79 Å². The van der Waals surface area contributed by atoms with E-state index in [1.165, 1.54) is 6.42 Å². The summed E-state index contributed by atoms with van der Waals surface area (Å²) in [5.74, 6) is 0.561. The van der Waals surface area contributed by atoms with E-state index < -0.39 is 0 Å². The molecule has 126 valence electrons. The van der Waals surface area contributed by atoms with Crippen molar-refractivity contribution in [2.24, 2.45) is 5.41 Å². The topological polar surface area (TPSA) is 86.6 Å². The van der Waals surface area contributed by atoms with Crippen LogP contribution in [0, 0.1) is 5.41 Å². The van der Waals surface area contributed by atoms with E-state index in [1.54, 1.807) is 19.2 Å². The molecule has 0 radical (unpaired) electrons. The fraction of sp³-hybridized carbons (Fsp3) is 0.625. The molecule has 2 aliphatic rings. The number of hydrogen-bond donors (Lipinski definition) is 3. The number of rotatable bonds is 3. The molecule has 0 aromatic carbocycles. The first-order chi connectivity index (χ1) is 11.1. The van der Waals surface area contributed by atoms with Crippen molar-refractivity contribution in [1.82, 2.24) is 20.9 Å². The Morgan fingerprint density at radius 1 is 1.39 bits per heavy atom. The second-order valence-corrected chi connectivity index (χ2v) is 6.46. The smallest absolute Gasteiger partial charge is 0.317 e. The van der Waals surface area contributed by atoms with Gasteiger partial charge in [0.1, 0.15) is 5.76 Å². The number of nitrogens with one attached hydrogen (secondary N) is 3. The maximum absolute atomic E-state index is 12.4. The molecule has 1 aromatic heterocycles. The summed E-state index contributed by atoms with van der Waals surface area (Å²) in [5, 5.41) is 8.80. The molecular formula is C16H24N4O3. The number of urea groups is 1. The van der Waals surface area contributed by atoms with E-state index in [0.717, 1.165) is 39.0 Å². The highest BCUT2D eigenvalue weighted by molar-refractivity contribution is 5.91. The number of amides is 3. The van der Waals surface area contributed by atoms with E-state index in [2.05, 4.69) is 16.0 Å². The van der Waals surface area contributed by atoms with Crippen LogP contribution in [0.4, 0.5) is 4.79 Å². The van der Waals surface area contributed by atoms with Crippen LogP contribution >= 0.6 is 0 Å². The maximum atomic E-state index is 12.4. The molecule has 7 nitrogen and oxygen atoms in total. The van der Waals surface area contributed by atoms with Gasteiger partial charge in [0.15, 0.2) is 5.76 Å². The third-order valence-corrected chi connectivity index (χ3v) is 4.81. The zero-order chi connectivity index (χ0) is 16.3. The maximum Gasteiger partial charge on any atom is 0.317 e. The molecule has 1 atom stereocenters. The first-order valence-electron chi connectivity index (χ1n) is 8.16. The van der Waals surface area contributed by atoms with Crippen molar-refractivity contribution in [3.8, 4) is 0 Å². The molecule has 2 aliphatic heterocycles. The van der Waals surface area contributed by atoms with E-state index in [9.17, 15) is 9.59 Å². The van der Waals surface area contributed by atoms with Gasteiger partial charge in [-0.05, 0) is 37.9 Å². The van der Waals surface area contributed by atoms with Gasteiger partial charge in [0.2, 0.25) is 0 Å². The van der Waals surface area contributed by atoms with Crippen molar-refractivity contribution in [1.29, 1.82) is 0 Å². The van der Waals surface area contributed by atoms with Gasteiger partial charge in [0.25, 0.3) is 5.91 Å². The average molecular weight is 320 g/mol. The lowest BCUT2D eigenvalue weighted by Crippen LogP contribution is -2.50. The molecule has 23 heavy (non-hydrogen) atoms. The molecule has 3 rings (SSSR count). The molecule has 2 fully saturated rings. The van der Waals surface area contributed by atoms with Crippen LogP contribution in [0.3, 0.4) is 0 Å². The number of hydrogen-bond acceptors (Lipinski definition) is 4. The van der Waals surface area contributed by atoms with Crippen molar-refractivity contribution in [2.45, 2.75) is 25.8 Å². The standard InChI is InChI=1S/C16H24N4O3/c1-17-14(21)13-4-3-12(23-13)9-19-15(22)20-8-2-5-16(11-20)6-7-18-10-16/h3-4,18H,2,5-11H2,1H3,(H,17,21)(H,19,22). The Balaban J connectivity index is 1.53. The van der Waals surface area contributed by atoms with E-state index in [0.29, 0.717) is 5.76 Å². The van der Waals surface area contributed by atoms with Gasteiger partial charge in [-0.1, -0.05) is 0 Å². The molecule has 3 heterocycles. The summed E-state index contributed by atoms with van der Waals surface area (Å²) in [6, 6.07) is 3.26. The quantitative estimate of drug-likeness (QED) is 0.773. The number of nitrogens with zero attached hydrogens (tertiary/aromatic N) is 1. The van der Waals surface area contributed by atoms with E-state index >= 15 is 0 Å². The summed E-state index contributed by atoms with van der Waals surface area (Å²) >= 11 is 0. The molecule has 3 amide bonds. The minimum absolute atomic E-state index is 0.0612. The van der Waals surface area contributed by atoms with Gasteiger partial charge in [-0.15, -0.1) is 0 Å². The van der Waals surface area contributed by atoms with E-state index in [1.807, 2.05) is 4.90 Å². The molecule has 7 heteroatoms. The van der Waals surface area contributed by atoms with Crippen LogP contribution in [-0.4, -0.2) is 50.1 Å². The molecular weight excluding hydrogens is 296 g/mol. The van der Waals surface area contributed by atoms with E-state index in [4.69, 9.17) is 4.42 Å². The molecule has 0 bridgehead atoms. The summed E-state index contributed by atoms with van der Waals surface area (Å²) < 4.78 is 5.41. The summed E-state index contributed by atoms with van der Waals surface area (Å²) in [6.45, 7) is 3.95. The van der Waals surface area contributed by atoms with Crippen LogP contribution in [-0.2, 0) is 6.54 Å². The normalized spacial score (nSPS) is 24.0. The summed E-state index contributed by atoms with van der Waals surface area (Å²) in [4.78, 5) is 25.7. The predicted molar refractivity (Wildman–Crippen MR) is 85.1 cm³/mol. The molecule has 1 spiro atoms. The van der Waals surface area contributed by atoms with Crippen LogP contribution in [0.2, 0.25) is 0 Å². The summed E-state index contributed by atoms with van der Waals surface area (Å²) in [7, 11) is 1.55. The van der Waals surface area contributed by atoms with Gasteiger partial charge in [0.05, 0.1) is 6.54 Å². The first-order valence-corrected chi connectivity index (χ1v) is 8.16. The fourth-order valence-corrected chi connectivity index (χ4v) is 3.52. The van der Waals surface area contributed by atoms with E-state index in [-0.39, 0.29) is 29.7 Å². The third kappa shape index (κ3) is 3.50. The lowest BCUT2D eigenvalue weighted by Gasteiger charge is -2.39. The average Bonchev–Trinajstić information content (AvgIpc) is 3.22. The Morgan fingerprint density at radius 3 is 3.00 bits per heavy atom. The van der Waals surface area contributed by atoms with Gasteiger partial charge in [-0.2, -0.15) is 0 Å². The van der Waals surface area contributed by atoms with Gasteiger partial charge in [0, 0.05) is 32.1 Å². The Kier molecular flexibility index (Phi) is 4.56. The highest BCUT2D eigenvalue weighted by atomic mass is 16.4. The molecule has 1 aromatic rings. The van der Waals surface area contributed by atoms with Crippen LogP contribution < -0.4 is 16.0 Å². The van der Waals surface area contributed by atoms with Crippen molar-refractivity contribution >= 4 is 11.9 Å². The van der Waals surface area contributed by atoms with Gasteiger partial charge < -0.3 is 25.3 Å². The number of likely N-dealkylation sites (tertiary alicyclic amines) is 1. The highest BCUT2D eigenvalue weighted by Gasteiger charge is 2.39. The molecule has 0 aliphatic carbocycles. The van der Waals surface area contributed by atoms with Gasteiger partial charge >= 0.3 is 6.03 Å². The Hall–Kier alpha value is -2.02. The lowest BCUT2D eigenvalue weighted by molar-refractivity contribution is 0.0933. The van der Waals surface area contributed by atoms with Crippen LogP contribution in [0.15, 0.2) is 16.5 Å². The lowest BCUT2D eigenvalue weighted by atomic mass is 9.79. The predicted octanol–water partition coefficient (Wildman–Crippen LogP) is 0.924. The molecule has 1 unspecified atom stereocenters. The number of piperidine rings is 1.